The largest absolute Gasteiger partial charge is 0.445 e. The van der Waals surface area contributed by atoms with Crippen LogP contribution in [0, 0.1) is 19.8 Å². The van der Waals surface area contributed by atoms with E-state index in [1.807, 2.05) is 86.6 Å². The highest BCUT2D eigenvalue weighted by molar-refractivity contribution is 7.93. The molecule has 34 nitrogen and oxygen atoms in total. The van der Waals surface area contributed by atoms with Gasteiger partial charge in [0.15, 0.2) is 22.9 Å². The number of benzene rings is 4. The van der Waals surface area contributed by atoms with Crippen LogP contribution in [0.3, 0.4) is 0 Å². The highest BCUT2D eigenvalue weighted by atomic mass is 35.5. The monoisotopic (exact) mass is 1840 g/mol. The van der Waals surface area contributed by atoms with E-state index in [0.29, 0.717) is 108 Å². The summed E-state index contributed by atoms with van der Waals surface area (Å²) in [6, 6.07) is 34.5. The highest BCUT2D eigenvalue weighted by Gasteiger charge is 2.38. The molecule has 0 saturated carbocycles. The average molecular weight is 1840 g/mol. The number of aromatic nitrogens is 14. The summed E-state index contributed by atoms with van der Waals surface area (Å²) in [5, 5.41) is 34.2. The van der Waals surface area contributed by atoms with E-state index < -0.39 is 65.3 Å². The van der Waals surface area contributed by atoms with E-state index >= 15 is 0 Å². The molecule has 10 aromatic heterocycles. The standard InChI is InChI=1S/C32H29ClN8O4S2.C31H35F3N8O4S.C23H25N7O3S/c1-19-4-9-25(27(33)13-19)26-14-20-15-36-31(39-23-7-5-22(6-8-23)38-24-3-2-10-34-17-24)40-28(20)41(29(26)42)18-21-16-37-45-30(21)47(43,44)32-35-11-12-46-32;1-20-15-24(3-4-26(20)40-10-7-35-8-11-40)38-30-37-17-23-16-25(21(2)22-5-13-46-14-6-22)29(43)41(28(23)39-30)18-27-36-9-12-42(27)47(44,45)19-31(32,33)34;1-34(32)22-19(33-14-26-22)13-30-20(31)7-2-15-12-25-23(29-21(15)30)28-17-5-3-16(4-6-17)27-18-8-10-24-11-9-18/h4-9,11-16,24,34,38H,2-3,10,17-18H2,1H3,(H,36,39,40);3-4,9,12,15-17,22,35H,2,5-8,10-11,13-14,18-19H2,1H3,(H,37,38,39);2-7,12,14,18,24,27H,8-11,13H2,1H3,(H,25,28,29). The van der Waals surface area contributed by atoms with Crippen molar-refractivity contribution < 1.29 is 47.9 Å². The number of piperidine rings is 2. The Morgan fingerprint density at radius 2 is 1.26 bits per heavy atom. The van der Waals surface area contributed by atoms with Crippen LogP contribution in [0.4, 0.5) is 65.1 Å². The maximum atomic E-state index is 14.2. The molecule has 4 saturated heterocycles. The van der Waals surface area contributed by atoms with Crippen molar-refractivity contribution in [3.63, 3.8) is 0 Å². The fourth-order valence-corrected chi connectivity index (χ4v) is 20.1. The van der Waals surface area contributed by atoms with Gasteiger partial charge in [-0.25, -0.2) is 50.7 Å². The van der Waals surface area contributed by atoms with Gasteiger partial charge in [0.1, 0.15) is 22.8 Å². The second-order valence-electron chi connectivity index (χ2n) is 31.1. The van der Waals surface area contributed by atoms with Crippen molar-refractivity contribution in [1.82, 2.24) is 83.6 Å². The lowest BCUT2D eigenvalue weighted by Gasteiger charge is -2.30. The molecule has 14 heterocycles. The molecule has 0 bridgehead atoms. The zero-order chi connectivity index (χ0) is 89.4. The summed E-state index contributed by atoms with van der Waals surface area (Å²) in [6.45, 7) is 16.2. The highest BCUT2D eigenvalue weighted by Crippen LogP contribution is 2.35. The topological polar surface area (TPSA) is 420 Å². The number of hydrogen-bond acceptors (Lipinski definition) is 31. The lowest BCUT2D eigenvalue weighted by atomic mass is 9.88. The molecule has 666 valence electrons. The Kier molecular flexibility index (Phi) is 27.1. The van der Waals surface area contributed by atoms with Gasteiger partial charge in [0, 0.05) is 185 Å². The Bertz CT molecular complexity index is 6850. The van der Waals surface area contributed by atoms with Crippen LogP contribution < -0.4 is 64.1 Å². The van der Waals surface area contributed by atoms with Crippen LogP contribution >= 0.6 is 22.9 Å². The van der Waals surface area contributed by atoms with Crippen LogP contribution in [0.25, 0.3) is 49.8 Å². The van der Waals surface area contributed by atoms with Gasteiger partial charge in [-0.05, 0) is 186 Å². The summed E-state index contributed by atoms with van der Waals surface area (Å²) < 4.78 is 124. The Morgan fingerprint density at radius 3 is 1.89 bits per heavy atom. The lowest BCUT2D eigenvalue weighted by molar-refractivity contribution is -0.106. The maximum absolute atomic E-state index is 14.2. The number of thiazole rings is 1. The SMILES string of the molecule is C=C(c1cc2cnc(Nc3ccc(N4CCNCC4)c(C)c3)nc2n(Cc2nccn2S(=O)(=O)CC(F)(F)F)c1=O)C1CCOCC1.CS(=O)c1ncoc1Cn1c(=O)ccc2cnc(Nc3ccc(NC4CCNCC4)cc3)nc21.Cc1ccc(-c2cc3cnc(Nc4ccc(NC5CCCNC5)cc4)nc3n(Cc3cnoc3S(=O)(=O)c3nccs3)c2=O)c(Cl)c1. The number of imidazole rings is 1. The summed E-state index contributed by atoms with van der Waals surface area (Å²) in [7, 11) is -10.3. The second kappa shape index (κ2) is 39.0. The summed E-state index contributed by atoms with van der Waals surface area (Å²) in [5.74, 6) is -1.23. The molecule has 42 heteroatoms. The van der Waals surface area contributed by atoms with Crippen molar-refractivity contribution in [2.75, 3.05) is 109 Å². The van der Waals surface area contributed by atoms with Crippen molar-refractivity contribution in [1.29, 1.82) is 0 Å². The van der Waals surface area contributed by atoms with Gasteiger partial charge in [0.05, 0.1) is 42.2 Å². The normalized spacial score (nSPS) is 15.7. The van der Waals surface area contributed by atoms with Gasteiger partial charge in [0.2, 0.25) is 32.2 Å². The number of aryl methyl sites for hydroxylation is 2. The second-order valence-corrected chi connectivity index (χ2v) is 37.5. The first-order valence-electron chi connectivity index (χ1n) is 41.1. The molecule has 4 aromatic carbocycles. The van der Waals surface area contributed by atoms with E-state index in [0.717, 1.165) is 141 Å². The molecule has 4 fully saturated rings. The fourth-order valence-electron chi connectivity index (χ4n) is 15.7. The number of alkyl halides is 3. The maximum Gasteiger partial charge on any atom is 0.404 e. The number of nitrogens with zero attached hydrogens (tertiary/aromatic N) is 15. The Hall–Kier alpha value is -12.5. The smallest absolute Gasteiger partial charge is 0.404 e. The number of pyridine rings is 3. The molecule has 0 aliphatic carbocycles. The van der Waals surface area contributed by atoms with Crippen LogP contribution in [0.5, 0.6) is 0 Å². The van der Waals surface area contributed by atoms with E-state index in [-0.39, 0.29) is 69.0 Å². The van der Waals surface area contributed by atoms with Gasteiger partial charge in [-0.1, -0.05) is 35.5 Å². The van der Waals surface area contributed by atoms with E-state index in [4.69, 9.17) is 30.3 Å². The van der Waals surface area contributed by atoms with Gasteiger partial charge in [-0.2, -0.15) is 28.1 Å². The van der Waals surface area contributed by atoms with Gasteiger partial charge in [-0.15, -0.1) is 11.3 Å². The van der Waals surface area contributed by atoms with Crippen molar-refractivity contribution in [3.05, 3.63) is 241 Å². The summed E-state index contributed by atoms with van der Waals surface area (Å²) >= 11 is 7.56. The number of rotatable bonds is 25. The Morgan fingerprint density at radius 1 is 0.633 bits per heavy atom. The molecule has 14 aromatic rings. The summed E-state index contributed by atoms with van der Waals surface area (Å²) in [5.41, 5.74) is 9.03. The Balaban J connectivity index is 0.000000143. The number of allylic oxidation sites excluding steroid dienone is 1. The van der Waals surface area contributed by atoms with Gasteiger partial charge in [-0.3, -0.25) is 32.3 Å². The number of fused-ring (bicyclic) bond motifs is 3. The van der Waals surface area contributed by atoms with Crippen molar-refractivity contribution in [2.45, 2.75) is 105 Å². The number of anilines is 9. The van der Waals surface area contributed by atoms with Gasteiger partial charge >= 0.3 is 6.18 Å². The molecule has 4 aliphatic heterocycles. The summed E-state index contributed by atoms with van der Waals surface area (Å²) in [6.07, 6.45) is 13.1. The van der Waals surface area contributed by atoms with Gasteiger partial charge < -0.3 is 61.1 Å². The minimum atomic E-state index is -4.97. The third kappa shape index (κ3) is 20.9. The first-order chi connectivity index (χ1) is 61.7. The minimum absolute atomic E-state index is 0.0224. The molecule has 8 N–H and O–H groups in total. The first kappa shape index (κ1) is 88.9. The molecular weight excluding hydrogens is 1750 g/mol. The lowest BCUT2D eigenvalue weighted by Crippen LogP contribution is -2.43. The summed E-state index contributed by atoms with van der Waals surface area (Å²) in [4.78, 5) is 82.5. The molecule has 0 amide bonds. The molecule has 0 radical (unpaired) electrons. The molecule has 128 heavy (non-hydrogen) atoms. The van der Waals surface area contributed by atoms with Crippen molar-refractivity contribution >= 4 is 144 Å². The van der Waals surface area contributed by atoms with Crippen LogP contribution in [-0.2, 0) is 55.0 Å². The quantitative estimate of drug-likeness (QED) is 0.0263. The first-order valence-corrected chi connectivity index (χ1v) is 47.0. The van der Waals surface area contributed by atoms with Crippen molar-refractivity contribution in [3.8, 4) is 11.1 Å². The van der Waals surface area contributed by atoms with E-state index in [9.17, 15) is 48.6 Å². The molecule has 2 unspecified atom stereocenters. The predicted molar refractivity (Wildman–Crippen MR) is 485 cm³/mol. The van der Waals surface area contributed by atoms with E-state index in [1.165, 1.54) is 51.0 Å². The molecule has 2 atom stereocenters. The van der Waals surface area contributed by atoms with Crippen LogP contribution in [0.1, 0.15) is 72.4 Å². The number of piperazine rings is 1. The van der Waals surface area contributed by atoms with Gasteiger partial charge in [0.25, 0.3) is 31.6 Å². The molecule has 18 rings (SSSR count). The predicted octanol–water partition coefficient (Wildman–Crippen LogP) is 11.8. The van der Waals surface area contributed by atoms with E-state index in [2.05, 4.69) is 99.0 Å². The van der Waals surface area contributed by atoms with E-state index in [1.54, 1.807) is 48.1 Å². The zero-order valence-corrected chi connectivity index (χ0v) is 73.5. The van der Waals surface area contributed by atoms with Crippen LogP contribution in [0.2, 0.25) is 5.02 Å². The molecule has 0 spiro atoms. The van der Waals surface area contributed by atoms with Crippen LogP contribution in [-0.4, -0.2) is 185 Å². The number of ether oxygens (including phenoxy) is 1. The molecular formula is C86H89ClF3N23O11S4. The fraction of sp³-hybridized carbons (Fsp3) is 0.314. The number of hydrogen-bond donors (Lipinski definition) is 8. The number of sulfone groups is 1. The zero-order valence-electron chi connectivity index (χ0n) is 69.5. The third-order valence-corrected chi connectivity index (χ3v) is 27.8. The number of halogens is 4. The van der Waals surface area contributed by atoms with Crippen molar-refractivity contribution in [2.24, 2.45) is 5.92 Å². The molecule has 4 aliphatic rings. The minimum Gasteiger partial charge on any atom is -0.445 e. The Labute approximate surface area is 742 Å². The average Bonchev–Trinajstić information content (AvgIpc) is 1.05. The number of nitrogens with one attached hydrogen (secondary N) is 8. The van der Waals surface area contributed by atoms with Crippen LogP contribution in [0.15, 0.2) is 209 Å². The third-order valence-electron chi connectivity index (χ3n) is 22.0. The number of oxazole rings is 1.